The van der Waals surface area contributed by atoms with Crippen molar-refractivity contribution in [1.29, 1.82) is 0 Å². The highest BCUT2D eigenvalue weighted by Crippen LogP contribution is 2.39. The third kappa shape index (κ3) is 7.82. The maximum absolute atomic E-state index is 12.9. The van der Waals surface area contributed by atoms with Crippen LogP contribution in [0.5, 0.6) is 0 Å². The van der Waals surface area contributed by atoms with E-state index in [2.05, 4.69) is 13.8 Å². The number of carbonyl (C=O) groups is 3. The van der Waals surface area contributed by atoms with E-state index in [4.69, 9.17) is 4.74 Å². The molecule has 1 saturated heterocycles. The lowest BCUT2D eigenvalue weighted by Crippen LogP contribution is -2.59. The van der Waals surface area contributed by atoms with Crippen LogP contribution in [0, 0.1) is 10.1 Å². The number of hydrogen-bond acceptors (Lipinski definition) is 7. The molecule has 0 aromatic heterocycles. The molecule has 1 aliphatic rings. The van der Waals surface area contributed by atoms with Crippen molar-refractivity contribution in [1.82, 2.24) is 9.80 Å². The largest absolute Gasteiger partial charge is 0.480 e. The van der Waals surface area contributed by atoms with E-state index in [1.807, 2.05) is 24.3 Å². The van der Waals surface area contributed by atoms with E-state index in [1.165, 1.54) is 39.8 Å². The summed E-state index contributed by atoms with van der Waals surface area (Å²) in [6.07, 6.45) is 1.97. The molecule has 0 spiro atoms. The molecule has 1 N–H and O–H groups in total. The molecule has 0 saturated carbocycles. The summed E-state index contributed by atoms with van der Waals surface area (Å²) in [6, 6.07) is 11.2. The van der Waals surface area contributed by atoms with Crippen LogP contribution in [-0.2, 0) is 14.3 Å². The Kier molecular flexibility index (Phi) is 9.39. The first-order valence-electron chi connectivity index (χ1n) is 12.5. The van der Waals surface area contributed by atoms with Gasteiger partial charge in [0.05, 0.1) is 16.4 Å². The summed E-state index contributed by atoms with van der Waals surface area (Å²) in [6.45, 7) is 9.17. The van der Waals surface area contributed by atoms with E-state index in [0.717, 1.165) is 10.5 Å². The number of carboxylic acids is 1. The van der Waals surface area contributed by atoms with Gasteiger partial charge in [-0.1, -0.05) is 49.9 Å². The molecule has 1 heterocycles. The fraction of sp³-hybridized carbons (Fsp3) is 0.393. The second-order valence-corrected chi connectivity index (χ2v) is 11.5. The number of amides is 2. The van der Waals surface area contributed by atoms with Gasteiger partial charge in [0.25, 0.3) is 5.69 Å². The van der Waals surface area contributed by atoms with Crippen molar-refractivity contribution < 1.29 is 29.2 Å². The molecule has 3 rings (SSSR count). The predicted octanol–water partition coefficient (Wildman–Crippen LogP) is 5.42. The number of aliphatic carboxylic acids is 1. The van der Waals surface area contributed by atoms with E-state index in [0.29, 0.717) is 10.5 Å². The molecule has 1 aliphatic heterocycles. The molecule has 10 nitrogen and oxygen atoms in total. The average molecular weight is 556 g/mol. The minimum atomic E-state index is -1.25. The number of benzene rings is 2. The number of carboxylic acid groups (broad SMARTS) is 1. The summed E-state index contributed by atoms with van der Waals surface area (Å²) in [5.74, 6) is -1.57. The first-order chi connectivity index (χ1) is 18.3. The molecule has 0 radical (unpaired) electrons. The smallest absolute Gasteiger partial charge is 0.410 e. The maximum atomic E-state index is 12.9. The van der Waals surface area contributed by atoms with E-state index in [9.17, 15) is 29.6 Å². The number of nitro benzene ring substituents is 1. The van der Waals surface area contributed by atoms with Crippen LogP contribution in [0.1, 0.15) is 51.7 Å². The summed E-state index contributed by atoms with van der Waals surface area (Å²) in [5, 5.41) is 21.5. The van der Waals surface area contributed by atoms with Crippen molar-refractivity contribution in [2.24, 2.45) is 0 Å². The van der Waals surface area contributed by atoms with Crippen LogP contribution in [0.3, 0.4) is 0 Å². The highest BCUT2D eigenvalue weighted by atomic mass is 32.2. The SMILES string of the molecule is CC(C)c1ccccc1Sc1ccc(/C=C/C(=O)N2CCN(C(=O)OC(C)(C)C)CC2C(=O)O)cc1[N+](=O)[O-]. The van der Waals surface area contributed by atoms with Crippen LogP contribution < -0.4 is 0 Å². The first kappa shape index (κ1) is 29.7. The highest BCUT2D eigenvalue weighted by molar-refractivity contribution is 7.99. The van der Waals surface area contributed by atoms with Gasteiger partial charge in [0.1, 0.15) is 11.6 Å². The molecule has 2 amide bonds. The average Bonchev–Trinajstić information content (AvgIpc) is 2.86. The van der Waals surface area contributed by atoms with Gasteiger partial charge >= 0.3 is 12.1 Å². The van der Waals surface area contributed by atoms with Crippen molar-refractivity contribution in [3.63, 3.8) is 0 Å². The minimum absolute atomic E-state index is 0.00433. The Morgan fingerprint density at radius 2 is 1.82 bits per heavy atom. The molecular weight excluding hydrogens is 522 g/mol. The van der Waals surface area contributed by atoms with Crippen LogP contribution in [0.25, 0.3) is 6.08 Å². The van der Waals surface area contributed by atoms with E-state index < -0.39 is 34.5 Å². The normalized spacial score (nSPS) is 16.0. The van der Waals surface area contributed by atoms with Gasteiger partial charge < -0.3 is 19.6 Å². The molecule has 0 bridgehead atoms. The van der Waals surface area contributed by atoms with E-state index >= 15 is 0 Å². The standard InChI is InChI=1S/C28H33N3O7S/c1-18(2)20-8-6-7-9-23(20)39-24-12-10-19(16-21(24)31(36)37)11-13-25(32)30-15-14-29(17-22(30)26(33)34)27(35)38-28(3,4)5/h6-13,16,18,22H,14-15,17H2,1-5H3,(H,33,34)/b13-11+. The van der Waals surface area contributed by atoms with Crippen LogP contribution in [0.2, 0.25) is 0 Å². The Hall–Kier alpha value is -3.86. The fourth-order valence-corrected chi connectivity index (χ4v) is 5.23. The van der Waals surface area contributed by atoms with Crippen molar-refractivity contribution in [2.45, 2.75) is 62.0 Å². The maximum Gasteiger partial charge on any atom is 0.410 e. The Morgan fingerprint density at radius 3 is 2.44 bits per heavy atom. The molecule has 0 aliphatic carbocycles. The third-order valence-corrected chi connectivity index (χ3v) is 7.12. The zero-order chi connectivity index (χ0) is 28.9. The zero-order valence-electron chi connectivity index (χ0n) is 22.6. The lowest BCUT2D eigenvalue weighted by Gasteiger charge is -2.39. The molecule has 1 fully saturated rings. The number of rotatable bonds is 7. The molecular formula is C28H33N3O7S. The number of hydrogen-bond donors (Lipinski definition) is 1. The minimum Gasteiger partial charge on any atom is -0.480 e. The Morgan fingerprint density at radius 1 is 1.13 bits per heavy atom. The molecule has 39 heavy (non-hydrogen) atoms. The molecule has 208 valence electrons. The molecule has 1 atom stereocenters. The summed E-state index contributed by atoms with van der Waals surface area (Å²) in [5.41, 5.74) is 0.685. The topological polar surface area (TPSA) is 130 Å². The van der Waals surface area contributed by atoms with Crippen molar-refractivity contribution >= 4 is 41.5 Å². The monoisotopic (exact) mass is 555 g/mol. The van der Waals surface area contributed by atoms with Gasteiger partial charge in [-0.25, -0.2) is 9.59 Å². The Labute approximate surface area is 231 Å². The molecule has 2 aromatic carbocycles. The van der Waals surface area contributed by atoms with Gasteiger partial charge in [0.15, 0.2) is 0 Å². The third-order valence-electron chi connectivity index (χ3n) is 5.96. The molecule has 1 unspecified atom stereocenters. The number of nitro groups is 1. The lowest BCUT2D eigenvalue weighted by molar-refractivity contribution is -0.387. The highest BCUT2D eigenvalue weighted by Gasteiger charge is 2.37. The number of ether oxygens (including phenoxy) is 1. The van der Waals surface area contributed by atoms with Gasteiger partial charge in [-0.15, -0.1) is 0 Å². The van der Waals surface area contributed by atoms with Crippen LogP contribution >= 0.6 is 11.8 Å². The quantitative estimate of drug-likeness (QED) is 0.272. The van der Waals surface area contributed by atoms with Gasteiger partial charge in [0.2, 0.25) is 5.91 Å². The lowest BCUT2D eigenvalue weighted by atomic mass is 10.0. The van der Waals surface area contributed by atoms with Crippen LogP contribution in [0.4, 0.5) is 10.5 Å². The molecule has 2 aromatic rings. The van der Waals surface area contributed by atoms with Gasteiger partial charge in [-0.05, 0) is 56.0 Å². The number of piperazine rings is 1. The van der Waals surface area contributed by atoms with Gasteiger partial charge in [-0.2, -0.15) is 0 Å². The van der Waals surface area contributed by atoms with Gasteiger partial charge in [0, 0.05) is 30.1 Å². The van der Waals surface area contributed by atoms with Crippen molar-refractivity contribution in [3.8, 4) is 0 Å². The number of carbonyl (C=O) groups excluding carboxylic acids is 2. The summed E-state index contributed by atoms with van der Waals surface area (Å²) < 4.78 is 5.32. The van der Waals surface area contributed by atoms with Gasteiger partial charge in [-0.3, -0.25) is 14.9 Å². The number of nitrogens with zero attached hydrogens (tertiary/aromatic N) is 3. The Bertz CT molecular complexity index is 1290. The summed E-state index contributed by atoms with van der Waals surface area (Å²) in [4.78, 5) is 52.4. The van der Waals surface area contributed by atoms with E-state index in [-0.39, 0.29) is 31.2 Å². The fourth-order valence-electron chi connectivity index (χ4n) is 4.05. The van der Waals surface area contributed by atoms with Crippen LogP contribution in [0.15, 0.2) is 58.3 Å². The summed E-state index contributed by atoms with van der Waals surface area (Å²) in [7, 11) is 0. The second kappa shape index (κ2) is 12.3. The Balaban J connectivity index is 1.77. The van der Waals surface area contributed by atoms with Crippen LogP contribution in [-0.4, -0.2) is 69.1 Å². The predicted molar refractivity (Wildman–Crippen MR) is 148 cm³/mol. The molecule has 11 heteroatoms. The second-order valence-electron chi connectivity index (χ2n) is 10.4. The zero-order valence-corrected chi connectivity index (χ0v) is 23.4. The van der Waals surface area contributed by atoms with Crippen molar-refractivity contribution in [2.75, 3.05) is 19.6 Å². The van der Waals surface area contributed by atoms with Crippen molar-refractivity contribution in [3.05, 3.63) is 69.8 Å². The summed E-state index contributed by atoms with van der Waals surface area (Å²) >= 11 is 1.31. The van der Waals surface area contributed by atoms with E-state index in [1.54, 1.807) is 32.9 Å². The first-order valence-corrected chi connectivity index (χ1v) is 13.3.